The molecule has 1 unspecified atom stereocenters. The summed E-state index contributed by atoms with van der Waals surface area (Å²) in [6.45, 7) is 2.01. The van der Waals surface area contributed by atoms with E-state index < -0.39 is 0 Å². The summed E-state index contributed by atoms with van der Waals surface area (Å²) >= 11 is 5.98. The maximum absolute atomic E-state index is 12.3. The molecule has 0 radical (unpaired) electrons. The highest BCUT2D eigenvalue weighted by Gasteiger charge is 2.18. The smallest absolute Gasteiger partial charge is 0.255 e. The molecule has 1 amide bonds. The summed E-state index contributed by atoms with van der Waals surface area (Å²) in [5, 5.41) is 19.3. The van der Waals surface area contributed by atoms with E-state index in [-0.39, 0.29) is 18.6 Å². The number of aliphatic hydroxyl groups is 1. The molecule has 1 aromatic heterocycles. The summed E-state index contributed by atoms with van der Waals surface area (Å²) < 4.78 is 0. The summed E-state index contributed by atoms with van der Waals surface area (Å²) in [7, 11) is 0. The molecule has 5 nitrogen and oxygen atoms in total. The number of halogens is 1. The van der Waals surface area contributed by atoms with Gasteiger partial charge in [0.2, 0.25) is 0 Å². The molecule has 3 N–H and O–H groups in total. The number of benzene rings is 1. The Morgan fingerprint density at radius 3 is 3.00 bits per heavy atom. The van der Waals surface area contributed by atoms with Crippen LogP contribution in [-0.4, -0.2) is 33.9 Å². The van der Waals surface area contributed by atoms with Crippen LogP contribution in [0.2, 0.25) is 5.02 Å². The number of rotatable bonds is 6. The van der Waals surface area contributed by atoms with Crippen LogP contribution >= 0.6 is 11.6 Å². The molecule has 0 saturated carbocycles. The van der Waals surface area contributed by atoms with Crippen LogP contribution < -0.4 is 5.32 Å². The molecule has 112 valence electrons. The molecule has 0 bridgehead atoms. The molecule has 1 heterocycles. The fourth-order valence-electron chi connectivity index (χ4n) is 2.12. The predicted molar refractivity (Wildman–Crippen MR) is 82.3 cm³/mol. The van der Waals surface area contributed by atoms with Gasteiger partial charge in [-0.2, -0.15) is 5.10 Å². The van der Waals surface area contributed by atoms with E-state index in [0.717, 1.165) is 12.0 Å². The molecule has 1 atom stereocenters. The second-order valence-electron chi connectivity index (χ2n) is 4.76. The van der Waals surface area contributed by atoms with E-state index in [1.165, 1.54) is 6.20 Å². The number of amides is 1. The molecule has 6 heteroatoms. The van der Waals surface area contributed by atoms with Gasteiger partial charge in [0.25, 0.3) is 5.91 Å². The van der Waals surface area contributed by atoms with Gasteiger partial charge in [0.15, 0.2) is 0 Å². The zero-order valence-electron chi connectivity index (χ0n) is 11.8. The van der Waals surface area contributed by atoms with E-state index in [1.54, 1.807) is 12.1 Å². The lowest BCUT2D eigenvalue weighted by atomic mass is 10.1. The molecular formula is C15H18ClN3O2. The van der Waals surface area contributed by atoms with Gasteiger partial charge in [0.05, 0.1) is 17.5 Å². The lowest BCUT2D eigenvalue weighted by Crippen LogP contribution is -2.35. The minimum atomic E-state index is -0.209. The van der Waals surface area contributed by atoms with Crippen molar-refractivity contribution in [2.45, 2.75) is 25.8 Å². The molecule has 0 spiro atoms. The third-order valence-corrected chi connectivity index (χ3v) is 3.54. The lowest BCUT2D eigenvalue weighted by Gasteiger charge is -2.15. The van der Waals surface area contributed by atoms with Crippen molar-refractivity contribution < 1.29 is 9.90 Å². The van der Waals surface area contributed by atoms with E-state index in [2.05, 4.69) is 15.5 Å². The van der Waals surface area contributed by atoms with Crippen LogP contribution in [0.5, 0.6) is 0 Å². The van der Waals surface area contributed by atoms with Gasteiger partial charge in [-0.05, 0) is 25.0 Å². The van der Waals surface area contributed by atoms with Crippen LogP contribution in [0, 0.1) is 0 Å². The summed E-state index contributed by atoms with van der Waals surface area (Å²) in [5.41, 5.74) is 1.91. The zero-order chi connectivity index (χ0) is 15.2. The first-order valence-electron chi connectivity index (χ1n) is 6.86. The van der Waals surface area contributed by atoms with Crippen molar-refractivity contribution in [1.82, 2.24) is 15.5 Å². The fraction of sp³-hybridized carbons (Fsp3) is 0.333. The molecule has 0 aliphatic heterocycles. The molecule has 2 rings (SSSR count). The first kappa shape index (κ1) is 15.5. The Balaban J connectivity index is 2.22. The van der Waals surface area contributed by atoms with Gasteiger partial charge >= 0.3 is 0 Å². The lowest BCUT2D eigenvalue weighted by molar-refractivity contribution is 0.0930. The van der Waals surface area contributed by atoms with Crippen LogP contribution in [0.4, 0.5) is 0 Å². The molecule has 1 aromatic carbocycles. The van der Waals surface area contributed by atoms with Crippen molar-refractivity contribution in [2.75, 3.05) is 6.61 Å². The Morgan fingerprint density at radius 1 is 1.52 bits per heavy atom. The number of aliphatic hydroxyl groups excluding tert-OH is 1. The summed E-state index contributed by atoms with van der Waals surface area (Å²) in [6.07, 6.45) is 2.79. The number of nitrogens with one attached hydrogen (secondary N) is 2. The highest BCUT2D eigenvalue weighted by Crippen LogP contribution is 2.24. The summed E-state index contributed by atoms with van der Waals surface area (Å²) in [6, 6.07) is 7.18. The number of carbonyl (C=O) groups is 1. The number of aromatic amines is 1. The van der Waals surface area contributed by atoms with E-state index in [4.69, 9.17) is 16.7 Å². The Labute approximate surface area is 128 Å². The molecule has 21 heavy (non-hydrogen) atoms. The van der Waals surface area contributed by atoms with Crippen molar-refractivity contribution in [1.29, 1.82) is 0 Å². The fourth-order valence-corrected chi connectivity index (χ4v) is 2.31. The topological polar surface area (TPSA) is 78.0 Å². The van der Waals surface area contributed by atoms with Crippen LogP contribution in [-0.2, 0) is 0 Å². The Kier molecular flexibility index (Phi) is 5.36. The Hall–Kier alpha value is -1.85. The monoisotopic (exact) mass is 307 g/mol. The van der Waals surface area contributed by atoms with Crippen molar-refractivity contribution >= 4 is 17.5 Å². The van der Waals surface area contributed by atoms with E-state index >= 15 is 0 Å². The standard InChI is InChI=1S/C15H18ClN3O2/c1-2-12(6-7-20)18-15(21)13-9-17-19-14(13)10-4-3-5-11(16)8-10/h3-5,8-9,12,20H,2,6-7H2,1H3,(H,17,19)(H,18,21). The number of hydrogen-bond acceptors (Lipinski definition) is 3. The van der Waals surface area contributed by atoms with Gasteiger partial charge < -0.3 is 10.4 Å². The zero-order valence-corrected chi connectivity index (χ0v) is 12.5. The van der Waals surface area contributed by atoms with Crippen molar-refractivity contribution in [2.24, 2.45) is 0 Å². The molecule has 0 fully saturated rings. The number of carbonyl (C=O) groups excluding carboxylic acids is 1. The third kappa shape index (κ3) is 3.83. The quantitative estimate of drug-likeness (QED) is 0.767. The summed E-state index contributed by atoms with van der Waals surface area (Å²) in [4.78, 5) is 12.3. The molecular weight excluding hydrogens is 290 g/mol. The van der Waals surface area contributed by atoms with E-state index in [1.807, 2.05) is 19.1 Å². The highest BCUT2D eigenvalue weighted by molar-refractivity contribution is 6.30. The molecule has 2 aromatic rings. The van der Waals surface area contributed by atoms with Crippen molar-refractivity contribution in [3.8, 4) is 11.3 Å². The minimum Gasteiger partial charge on any atom is -0.396 e. The predicted octanol–water partition coefficient (Wildman–Crippen LogP) is 2.62. The normalized spacial score (nSPS) is 12.1. The Morgan fingerprint density at radius 2 is 2.33 bits per heavy atom. The average molecular weight is 308 g/mol. The first-order chi connectivity index (χ1) is 10.2. The Bertz CT molecular complexity index is 612. The molecule has 0 aliphatic carbocycles. The molecule has 0 aliphatic rings. The molecule has 0 saturated heterocycles. The van der Waals surface area contributed by atoms with Crippen LogP contribution in [0.15, 0.2) is 30.5 Å². The minimum absolute atomic E-state index is 0.0469. The number of aromatic nitrogens is 2. The van der Waals surface area contributed by atoms with Gasteiger partial charge in [-0.25, -0.2) is 0 Å². The van der Waals surface area contributed by atoms with Crippen LogP contribution in [0.25, 0.3) is 11.3 Å². The highest BCUT2D eigenvalue weighted by atomic mass is 35.5. The second-order valence-corrected chi connectivity index (χ2v) is 5.20. The average Bonchev–Trinajstić information content (AvgIpc) is 2.96. The van der Waals surface area contributed by atoms with E-state index in [0.29, 0.717) is 22.7 Å². The number of hydrogen-bond donors (Lipinski definition) is 3. The number of nitrogens with zero attached hydrogens (tertiary/aromatic N) is 1. The SMILES string of the molecule is CCC(CCO)NC(=O)c1cn[nH]c1-c1cccc(Cl)c1. The second kappa shape index (κ2) is 7.24. The summed E-state index contributed by atoms with van der Waals surface area (Å²) in [5.74, 6) is -0.209. The van der Waals surface area contributed by atoms with Gasteiger partial charge in [-0.15, -0.1) is 0 Å². The van der Waals surface area contributed by atoms with Crippen molar-refractivity contribution in [3.63, 3.8) is 0 Å². The van der Waals surface area contributed by atoms with Gasteiger partial charge in [0.1, 0.15) is 0 Å². The van der Waals surface area contributed by atoms with Gasteiger partial charge in [-0.3, -0.25) is 9.89 Å². The van der Waals surface area contributed by atoms with Crippen LogP contribution in [0.3, 0.4) is 0 Å². The largest absolute Gasteiger partial charge is 0.396 e. The maximum atomic E-state index is 12.3. The first-order valence-corrected chi connectivity index (χ1v) is 7.24. The van der Waals surface area contributed by atoms with Gasteiger partial charge in [-0.1, -0.05) is 30.7 Å². The van der Waals surface area contributed by atoms with Crippen molar-refractivity contribution in [3.05, 3.63) is 41.0 Å². The maximum Gasteiger partial charge on any atom is 0.255 e. The van der Waals surface area contributed by atoms with Crippen LogP contribution in [0.1, 0.15) is 30.1 Å². The van der Waals surface area contributed by atoms with E-state index in [9.17, 15) is 4.79 Å². The van der Waals surface area contributed by atoms with Gasteiger partial charge in [0, 0.05) is 23.2 Å². The third-order valence-electron chi connectivity index (χ3n) is 3.30. The number of H-pyrrole nitrogens is 1.